The van der Waals surface area contributed by atoms with Gasteiger partial charge in [-0.2, -0.15) is 0 Å². The summed E-state index contributed by atoms with van der Waals surface area (Å²) in [5.41, 5.74) is 6.99. The van der Waals surface area contributed by atoms with Crippen LogP contribution in [-0.4, -0.2) is 12.0 Å². The van der Waals surface area contributed by atoms with Crippen molar-refractivity contribution in [2.75, 3.05) is 5.32 Å². The Morgan fingerprint density at radius 2 is 2.00 bits per heavy atom. The SMILES string of the molecule is CCC1CCCCC1N=C(N)Nc1ccccc1. The molecular formula is C15H23N3. The summed E-state index contributed by atoms with van der Waals surface area (Å²) in [5.74, 6) is 1.25. The Kier molecular flexibility index (Phi) is 4.62. The highest BCUT2D eigenvalue weighted by Crippen LogP contribution is 2.29. The normalized spacial score (nSPS) is 24.8. The van der Waals surface area contributed by atoms with E-state index in [0.717, 1.165) is 5.69 Å². The van der Waals surface area contributed by atoms with Gasteiger partial charge in [-0.3, -0.25) is 0 Å². The van der Waals surface area contributed by atoms with Crippen molar-refractivity contribution in [1.82, 2.24) is 0 Å². The lowest BCUT2D eigenvalue weighted by Gasteiger charge is -2.28. The van der Waals surface area contributed by atoms with E-state index in [4.69, 9.17) is 5.73 Å². The largest absolute Gasteiger partial charge is 0.370 e. The van der Waals surface area contributed by atoms with E-state index in [-0.39, 0.29) is 0 Å². The lowest BCUT2D eigenvalue weighted by atomic mass is 9.83. The van der Waals surface area contributed by atoms with Gasteiger partial charge in [0.1, 0.15) is 0 Å². The smallest absolute Gasteiger partial charge is 0.193 e. The quantitative estimate of drug-likeness (QED) is 0.633. The minimum atomic E-state index is 0.403. The molecule has 0 heterocycles. The Morgan fingerprint density at radius 3 is 2.72 bits per heavy atom. The summed E-state index contributed by atoms with van der Waals surface area (Å²) >= 11 is 0. The highest BCUT2D eigenvalue weighted by Gasteiger charge is 2.23. The predicted octanol–water partition coefficient (Wildman–Crippen LogP) is 3.38. The molecule has 1 aromatic carbocycles. The second-order valence-corrected chi connectivity index (χ2v) is 5.03. The van der Waals surface area contributed by atoms with Gasteiger partial charge in [-0.05, 0) is 30.9 Å². The Hall–Kier alpha value is -1.51. The molecule has 1 fully saturated rings. The molecule has 0 spiro atoms. The fourth-order valence-corrected chi connectivity index (χ4v) is 2.71. The van der Waals surface area contributed by atoms with Gasteiger partial charge < -0.3 is 11.1 Å². The zero-order valence-corrected chi connectivity index (χ0v) is 11.1. The van der Waals surface area contributed by atoms with Crippen LogP contribution in [0.15, 0.2) is 35.3 Å². The van der Waals surface area contributed by atoms with Crippen LogP contribution in [0.25, 0.3) is 0 Å². The molecule has 2 unspecified atom stereocenters. The molecule has 0 aliphatic heterocycles. The number of para-hydroxylation sites is 1. The molecule has 1 aliphatic rings. The summed E-state index contributed by atoms with van der Waals surface area (Å²) in [6.07, 6.45) is 6.30. The molecule has 2 rings (SSSR count). The van der Waals surface area contributed by atoms with Gasteiger partial charge in [0, 0.05) is 5.69 Å². The van der Waals surface area contributed by atoms with Gasteiger partial charge in [0.15, 0.2) is 5.96 Å². The highest BCUT2D eigenvalue weighted by molar-refractivity contribution is 5.92. The molecule has 3 N–H and O–H groups in total. The molecule has 0 radical (unpaired) electrons. The number of guanidine groups is 1. The van der Waals surface area contributed by atoms with Crippen molar-refractivity contribution in [3.05, 3.63) is 30.3 Å². The lowest BCUT2D eigenvalue weighted by Crippen LogP contribution is -2.29. The Bertz CT molecular complexity index is 386. The van der Waals surface area contributed by atoms with Crippen molar-refractivity contribution in [3.63, 3.8) is 0 Å². The van der Waals surface area contributed by atoms with E-state index in [1.54, 1.807) is 0 Å². The average Bonchev–Trinajstić information content (AvgIpc) is 2.40. The molecular weight excluding hydrogens is 222 g/mol. The van der Waals surface area contributed by atoms with Crippen molar-refractivity contribution in [3.8, 4) is 0 Å². The molecule has 0 amide bonds. The Balaban J connectivity index is 1.98. The van der Waals surface area contributed by atoms with Crippen LogP contribution in [0.4, 0.5) is 5.69 Å². The van der Waals surface area contributed by atoms with Crippen molar-refractivity contribution < 1.29 is 0 Å². The highest BCUT2D eigenvalue weighted by atomic mass is 15.1. The van der Waals surface area contributed by atoms with Crippen LogP contribution in [0.1, 0.15) is 39.0 Å². The van der Waals surface area contributed by atoms with Gasteiger partial charge in [0.2, 0.25) is 0 Å². The van der Waals surface area contributed by atoms with Crippen LogP contribution >= 0.6 is 0 Å². The number of nitrogens with one attached hydrogen (secondary N) is 1. The van der Waals surface area contributed by atoms with Gasteiger partial charge in [-0.15, -0.1) is 0 Å². The van der Waals surface area contributed by atoms with E-state index < -0.39 is 0 Å². The number of nitrogens with zero attached hydrogens (tertiary/aromatic N) is 1. The van der Waals surface area contributed by atoms with E-state index in [9.17, 15) is 0 Å². The number of aliphatic imine (C=N–C) groups is 1. The van der Waals surface area contributed by atoms with Gasteiger partial charge in [-0.1, -0.05) is 44.4 Å². The molecule has 1 aromatic rings. The number of hydrogen-bond acceptors (Lipinski definition) is 1. The van der Waals surface area contributed by atoms with Gasteiger partial charge >= 0.3 is 0 Å². The summed E-state index contributed by atoms with van der Waals surface area (Å²) in [6.45, 7) is 2.25. The van der Waals surface area contributed by atoms with Crippen LogP contribution in [0, 0.1) is 5.92 Å². The number of nitrogens with two attached hydrogens (primary N) is 1. The molecule has 1 saturated carbocycles. The molecule has 98 valence electrons. The summed E-state index contributed by atoms with van der Waals surface area (Å²) in [4.78, 5) is 4.67. The Labute approximate surface area is 109 Å². The maximum absolute atomic E-state index is 5.99. The van der Waals surface area contributed by atoms with Gasteiger partial charge in [0.05, 0.1) is 6.04 Å². The van der Waals surface area contributed by atoms with Crippen molar-refractivity contribution >= 4 is 11.6 Å². The first-order valence-corrected chi connectivity index (χ1v) is 6.95. The summed E-state index contributed by atoms with van der Waals surface area (Å²) in [5, 5.41) is 3.16. The van der Waals surface area contributed by atoms with Crippen LogP contribution in [0.5, 0.6) is 0 Å². The molecule has 2 atom stereocenters. The predicted molar refractivity (Wildman–Crippen MR) is 77.7 cm³/mol. The first-order valence-electron chi connectivity index (χ1n) is 6.95. The van der Waals surface area contributed by atoms with E-state index in [2.05, 4.69) is 17.2 Å². The third-order valence-electron chi connectivity index (χ3n) is 3.74. The van der Waals surface area contributed by atoms with Crippen LogP contribution < -0.4 is 11.1 Å². The fourth-order valence-electron chi connectivity index (χ4n) is 2.71. The molecule has 0 bridgehead atoms. The van der Waals surface area contributed by atoms with Gasteiger partial charge in [-0.25, -0.2) is 4.99 Å². The van der Waals surface area contributed by atoms with Crippen molar-refractivity contribution in [2.24, 2.45) is 16.6 Å². The zero-order valence-electron chi connectivity index (χ0n) is 11.1. The molecule has 0 aromatic heterocycles. The topological polar surface area (TPSA) is 50.4 Å². The lowest BCUT2D eigenvalue weighted by molar-refractivity contribution is 0.302. The standard InChI is InChI=1S/C15H23N3/c1-2-12-8-6-7-11-14(12)18-15(16)17-13-9-4-3-5-10-13/h3-5,9-10,12,14H,2,6-8,11H2,1H3,(H3,16,17,18). The van der Waals surface area contributed by atoms with E-state index in [1.807, 2.05) is 30.3 Å². The third-order valence-corrected chi connectivity index (χ3v) is 3.74. The number of anilines is 1. The van der Waals surface area contributed by atoms with E-state index in [1.165, 1.54) is 32.1 Å². The maximum atomic E-state index is 5.99. The molecule has 1 aliphatic carbocycles. The molecule has 0 saturated heterocycles. The minimum absolute atomic E-state index is 0.403. The second kappa shape index (κ2) is 6.43. The summed E-state index contributed by atoms with van der Waals surface area (Å²) in [7, 11) is 0. The number of hydrogen-bond donors (Lipinski definition) is 2. The third kappa shape index (κ3) is 3.49. The zero-order chi connectivity index (χ0) is 12.8. The van der Waals surface area contributed by atoms with E-state index in [0.29, 0.717) is 17.9 Å². The average molecular weight is 245 g/mol. The number of rotatable bonds is 3. The second-order valence-electron chi connectivity index (χ2n) is 5.03. The van der Waals surface area contributed by atoms with Crippen LogP contribution in [0.3, 0.4) is 0 Å². The number of benzene rings is 1. The summed E-state index contributed by atoms with van der Waals surface area (Å²) in [6, 6.07) is 10.4. The maximum Gasteiger partial charge on any atom is 0.193 e. The fraction of sp³-hybridized carbons (Fsp3) is 0.533. The Morgan fingerprint density at radius 1 is 1.28 bits per heavy atom. The van der Waals surface area contributed by atoms with Crippen LogP contribution in [-0.2, 0) is 0 Å². The minimum Gasteiger partial charge on any atom is -0.370 e. The first kappa shape index (κ1) is 12.9. The monoisotopic (exact) mass is 245 g/mol. The van der Waals surface area contributed by atoms with Crippen LogP contribution in [0.2, 0.25) is 0 Å². The molecule has 3 nitrogen and oxygen atoms in total. The van der Waals surface area contributed by atoms with E-state index >= 15 is 0 Å². The first-order chi connectivity index (χ1) is 8.79. The van der Waals surface area contributed by atoms with Crippen molar-refractivity contribution in [1.29, 1.82) is 0 Å². The molecule has 18 heavy (non-hydrogen) atoms. The van der Waals surface area contributed by atoms with Gasteiger partial charge in [0.25, 0.3) is 0 Å². The van der Waals surface area contributed by atoms with Crippen molar-refractivity contribution in [2.45, 2.75) is 45.1 Å². The molecule has 3 heteroatoms. The summed E-state index contributed by atoms with van der Waals surface area (Å²) < 4.78 is 0.